The van der Waals surface area contributed by atoms with Crippen LogP contribution in [0.15, 0.2) is 36.4 Å². The number of hydrogen-bond acceptors (Lipinski definition) is 4. The zero-order valence-electron chi connectivity index (χ0n) is 13.5. The maximum atomic E-state index is 12.9. The Bertz CT molecular complexity index is 692. The molecule has 1 fully saturated rings. The van der Waals surface area contributed by atoms with Gasteiger partial charge < -0.3 is 19.4 Å². The van der Waals surface area contributed by atoms with E-state index in [1.54, 1.807) is 26.0 Å². The van der Waals surface area contributed by atoms with Gasteiger partial charge in [0.05, 0.1) is 13.2 Å². The minimum absolute atomic E-state index is 0.193. The first-order valence-electron chi connectivity index (χ1n) is 7.50. The number of aryl methyl sites for hydroxylation is 2. The monoisotopic (exact) mass is 334 g/mol. The van der Waals surface area contributed by atoms with E-state index in [0.29, 0.717) is 29.8 Å². The van der Waals surface area contributed by atoms with Gasteiger partial charge in [0.1, 0.15) is 11.6 Å². The van der Waals surface area contributed by atoms with Crippen molar-refractivity contribution in [1.29, 1.82) is 0 Å². The standard InChI is InChI=1S/C9H10BFO2.C7H8BFO2/c1-7-6-8(2-3-9(7)11)10-12-4-5-13-10;1-5-4-6(8(10)11)2-3-7(5)9/h2-3,6H,4-5H2,1H3;2-4,10-11H,1H3. The van der Waals surface area contributed by atoms with Crippen LogP contribution in [0.25, 0.3) is 0 Å². The minimum Gasteiger partial charge on any atom is -0.423 e. The molecule has 0 atom stereocenters. The summed E-state index contributed by atoms with van der Waals surface area (Å²) in [7, 11) is -1.83. The first kappa shape index (κ1) is 18.6. The molecule has 0 radical (unpaired) electrons. The van der Waals surface area contributed by atoms with Crippen molar-refractivity contribution in [3.63, 3.8) is 0 Å². The van der Waals surface area contributed by atoms with Crippen molar-refractivity contribution in [1.82, 2.24) is 0 Å². The van der Waals surface area contributed by atoms with Crippen LogP contribution in [-0.4, -0.2) is 37.5 Å². The molecule has 8 heteroatoms. The van der Waals surface area contributed by atoms with Crippen molar-refractivity contribution >= 4 is 25.2 Å². The second-order valence-electron chi connectivity index (χ2n) is 5.46. The van der Waals surface area contributed by atoms with Gasteiger partial charge in [-0.05, 0) is 48.0 Å². The first-order valence-corrected chi connectivity index (χ1v) is 7.50. The molecule has 1 aliphatic heterocycles. The number of halogens is 2. The Kier molecular flexibility index (Phi) is 6.51. The molecule has 2 N–H and O–H groups in total. The molecule has 0 amide bonds. The fraction of sp³-hybridized carbons (Fsp3) is 0.250. The van der Waals surface area contributed by atoms with Crippen molar-refractivity contribution < 1.29 is 28.1 Å². The molecule has 2 aromatic carbocycles. The zero-order valence-corrected chi connectivity index (χ0v) is 13.5. The van der Waals surface area contributed by atoms with Gasteiger partial charge in [-0.15, -0.1) is 0 Å². The Balaban J connectivity index is 0.000000177. The van der Waals surface area contributed by atoms with Gasteiger partial charge in [-0.3, -0.25) is 0 Å². The lowest BCUT2D eigenvalue weighted by Crippen LogP contribution is -2.31. The van der Waals surface area contributed by atoms with Crippen LogP contribution < -0.4 is 10.9 Å². The summed E-state index contributed by atoms with van der Waals surface area (Å²) in [4.78, 5) is 0. The number of rotatable bonds is 2. The topological polar surface area (TPSA) is 58.9 Å². The molecule has 0 bridgehead atoms. The maximum Gasteiger partial charge on any atom is 0.494 e. The highest BCUT2D eigenvalue weighted by Crippen LogP contribution is 2.06. The predicted octanol–water partition coefficient (Wildman–Crippen LogP) is 0.690. The summed E-state index contributed by atoms with van der Waals surface area (Å²) in [6.07, 6.45) is 0. The average molecular weight is 334 g/mol. The molecule has 3 rings (SSSR count). The molecule has 0 spiro atoms. The van der Waals surface area contributed by atoms with Crippen LogP contribution in [0, 0.1) is 25.5 Å². The fourth-order valence-corrected chi connectivity index (χ4v) is 2.19. The highest BCUT2D eigenvalue weighted by molar-refractivity contribution is 6.61. The zero-order chi connectivity index (χ0) is 17.7. The predicted molar refractivity (Wildman–Crippen MR) is 89.4 cm³/mol. The lowest BCUT2D eigenvalue weighted by molar-refractivity contribution is 0.365. The number of hydrogen-bond donors (Lipinski definition) is 2. The van der Waals surface area contributed by atoms with Crippen LogP contribution in [0.4, 0.5) is 8.78 Å². The van der Waals surface area contributed by atoms with Gasteiger partial charge in [-0.25, -0.2) is 8.78 Å². The van der Waals surface area contributed by atoms with Gasteiger partial charge in [0, 0.05) is 0 Å². The van der Waals surface area contributed by atoms with E-state index in [2.05, 4.69) is 0 Å². The van der Waals surface area contributed by atoms with Gasteiger partial charge in [-0.2, -0.15) is 0 Å². The fourth-order valence-electron chi connectivity index (χ4n) is 2.19. The van der Waals surface area contributed by atoms with Crippen molar-refractivity contribution in [2.75, 3.05) is 13.2 Å². The quantitative estimate of drug-likeness (QED) is 0.794. The normalized spacial score (nSPS) is 13.5. The third-order valence-electron chi connectivity index (χ3n) is 3.56. The van der Waals surface area contributed by atoms with E-state index in [1.807, 2.05) is 0 Å². The van der Waals surface area contributed by atoms with E-state index < -0.39 is 7.12 Å². The Hall–Kier alpha value is -1.73. The second-order valence-corrected chi connectivity index (χ2v) is 5.46. The van der Waals surface area contributed by atoms with Crippen LogP contribution in [0.3, 0.4) is 0 Å². The van der Waals surface area contributed by atoms with Crippen LogP contribution in [0.5, 0.6) is 0 Å². The highest BCUT2D eigenvalue weighted by Gasteiger charge is 2.26. The lowest BCUT2D eigenvalue weighted by atomic mass is 9.79. The molecule has 24 heavy (non-hydrogen) atoms. The molecule has 0 unspecified atom stereocenters. The molecular weight excluding hydrogens is 316 g/mol. The van der Waals surface area contributed by atoms with Crippen molar-refractivity contribution in [3.8, 4) is 0 Å². The molecule has 2 aromatic rings. The molecule has 1 aliphatic rings. The molecule has 0 saturated carbocycles. The third kappa shape index (κ3) is 4.88. The van der Waals surface area contributed by atoms with Crippen molar-refractivity contribution in [2.45, 2.75) is 13.8 Å². The van der Waals surface area contributed by atoms with E-state index in [1.165, 1.54) is 24.3 Å². The molecule has 1 saturated heterocycles. The molecule has 1 heterocycles. The van der Waals surface area contributed by atoms with Crippen molar-refractivity contribution in [2.24, 2.45) is 0 Å². The molecule has 0 aromatic heterocycles. The van der Waals surface area contributed by atoms with Gasteiger partial charge in [0.25, 0.3) is 0 Å². The van der Waals surface area contributed by atoms with E-state index >= 15 is 0 Å². The van der Waals surface area contributed by atoms with Gasteiger partial charge in [-0.1, -0.05) is 24.3 Å². The van der Waals surface area contributed by atoms with E-state index in [4.69, 9.17) is 19.4 Å². The Labute approximate surface area is 140 Å². The van der Waals surface area contributed by atoms with E-state index in [9.17, 15) is 8.78 Å². The van der Waals surface area contributed by atoms with Crippen LogP contribution >= 0.6 is 0 Å². The third-order valence-corrected chi connectivity index (χ3v) is 3.56. The summed E-state index contributed by atoms with van der Waals surface area (Å²) < 4.78 is 36.1. The van der Waals surface area contributed by atoms with E-state index in [-0.39, 0.29) is 18.8 Å². The van der Waals surface area contributed by atoms with E-state index in [0.717, 1.165) is 5.46 Å². The summed E-state index contributed by atoms with van der Waals surface area (Å²) in [5, 5.41) is 17.3. The Morgan fingerprint density at radius 3 is 1.96 bits per heavy atom. The summed E-state index contributed by atoms with van der Waals surface area (Å²) in [6.45, 7) is 4.52. The summed E-state index contributed by atoms with van der Waals surface area (Å²) in [6, 6.07) is 8.84. The average Bonchev–Trinajstić information content (AvgIpc) is 3.07. The first-order chi connectivity index (χ1) is 11.4. The summed E-state index contributed by atoms with van der Waals surface area (Å²) in [5.41, 5.74) is 2.23. The summed E-state index contributed by atoms with van der Waals surface area (Å²) in [5.74, 6) is -0.531. The second kappa shape index (κ2) is 8.39. The summed E-state index contributed by atoms with van der Waals surface area (Å²) >= 11 is 0. The smallest absolute Gasteiger partial charge is 0.423 e. The maximum absolute atomic E-state index is 12.9. The SMILES string of the molecule is Cc1cc(B(O)O)ccc1F.Cc1cc(B2OCCO2)ccc1F. The van der Waals surface area contributed by atoms with Crippen molar-refractivity contribution in [3.05, 3.63) is 59.2 Å². The highest BCUT2D eigenvalue weighted by atomic mass is 19.1. The molecular formula is C16H18B2F2O4. The van der Waals surface area contributed by atoms with Gasteiger partial charge >= 0.3 is 14.2 Å². The Morgan fingerprint density at radius 1 is 0.917 bits per heavy atom. The largest absolute Gasteiger partial charge is 0.494 e. The minimum atomic E-state index is -1.52. The molecule has 126 valence electrons. The number of benzene rings is 2. The molecule has 4 nitrogen and oxygen atoms in total. The van der Waals surface area contributed by atoms with Gasteiger partial charge in [0.2, 0.25) is 0 Å². The Morgan fingerprint density at radius 2 is 1.46 bits per heavy atom. The van der Waals surface area contributed by atoms with Crippen LogP contribution in [0.1, 0.15) is 11.1 Å². The van der Waals surface area contributed by atoms with Crippen LogP contribution in [0.2, 0.25) is 0 Å². The van der Waals surface area contributed by atoms with Gasteiger partial charge in [0.15, 0.2) is 0 Å². The lowest BCUT2D eigenvalue weighted by Gasteiger charge is -2.05. The van der Waals surface area contributed by atoms with Crippen LogP contribution in [-0.2, 0) is 9.31 Å². The molecule has 0 aliphatic carbocycles.